The number of pyridine rings is 1. The van der Waals surface area contributed by atoms with E-state index in [0.29, 0.717) is 5.25 Å². The summed E-state index contributed by atoms with van der Waals surface area (Å²) in [5.74, 6) is 3.87. The van der Waals surface area contributed by atoms with E-state index in [2.05, 4.69) is 39.1 Å². The number of imidazole rings is 1. The average molecular weight is 319 g/mol. The zero-order chi connectivity index (χ0) is 14.1. The third-order valence-electron chi connectivity index (χ3n) is 4.41. The van der Waals surface area contributed by atoms with E-state index in [1.807, 2.05) is 12.3 Å². The molecule has 4 rings (SSSR count). The van der Waals surface area contributed by atoms with Gasteiger partial charge in [0.1, 0.15) is 11.3 Å². The summed E-state index contributed by atoms with van der Waals surface area (Å²) in [7, 11) is 0. The Morgan fingerprint density at radius 3 is 2.90 bits per heavy atom. The van der Waals surface area contributed by atoms with Gasteiger partial charge in [0.15, 0.2) is 5.65 Å². The van der Waals surface area contributed by atoms with Crippen LogP contribution in [0.2, 0.25) is 0 Å². The number of fused-ring (bicyclic) bond motifs is 1. The molecular formula is C16H21N3S2. The van der Waals surface area contributed by atoms with Gasteiger partial charge in [0.2, 0.25) is 0 Å². The Kier molecular flexibility index (Phi) is 4.12. The zero-order valence-electron chi connectivity index (χ0n) is 12.2. The number of rotatable bonds is 3. The Labute approximate surface area is 134 Å². The van der Waals surface area contributed by atoms with Crippen LogP contribution in [-0.2, 0) is 6.54 Å². The minimum absolute atomic E-state index is 0.569. The first-order chi connectivity index (χ1) is 10.4. The van der Waals surface area contributed by atoms with E-state index in [-0.39, 0.29) is 0 Å². The van der Waals surface area contributed by atoms with Gasteiger partial charge in [-0.2, -0.15) is 23.5 Å². The molecule has 2 aromatic rings. The summed E-state index contributed by atoms with van der Waals surface area (Å²) in [5.41, 5.74) is 2.16. The van der Waals surface area contributed by atoms with Crippen molar-refractivity contribution < 1.29 is 0 Å². The molecule has 3 nitrogen and oxygen atoms in total. The Morgan fingerprint density at radius 2 is 2.10 bits per heavy atom. The fourth-order valence-electron chi connectivity index (χ4n) is 3.34. The van der Waals surface area contributed by atoms with Gasteiger partial charge in [-0.25, -0.2) is 9.97 Å². The molecule has 21 heavy (non-hydrogen) atoms. The summed E-state index contributed by atoms with van der Waals surface area (Å²) < 4.78 is 2.43. The highest BCUT2D eigenvalue weighted by Gasteiger charge is 2.26. The van der Waals surface area contributed by atoms with Crippen LogP contribution in [0.4, 0.5) is 0 Å². The predicted molar refractivity (Wildman–Crippen MR) is 92.1 cm³/mol. The molecule has 2 atom stereocenters. The number of thioether (sulfide) groups is 2. The van der Waals surface area contributed by atoms with Crippen LogP contribution in [0, 0.1) is 0 Å². The van der Waals surface area contributed by atoms with Crippen molar-refractivity contribution in [1.82, 2.24) is 14.5 Å². The molecule has 0 saturated carbocycles. The van der Waals surface area contributed by atoms with Crippen LogP contribution >= 0.6 is 23.5 Å². The summed E-state index contributed by atoms with van der Waals surface area (Å²) in [5, 5.41) is 1.32. The molecule has 0 aliphatic carbocycles. The van der Waals surface area contributed by atoms with Gasteiger partial charge in [0.05, 0.1) is 5.25 Å². The Morgan fingerprint density at radius 1 is 1.14 bits per heavy atom. The predicted octanol–water partition coefficient (Wildman–Crippen LogP) is 4.29. The van der Waals surface area contributed by atoms with Gasteiger partial charge in [-0.3, -0.25) is 0 Å². The highest BCUT2D eigenvalue weighted by molar-refractivity contribution is 8.00. The lowest BCUT2D eigenvalue weighted by atomic mass is 10.2. The van der Waals surface area contributed by atoms with E-state index in [0.717, 1.165) is 23.0 Å². The SMILES string of the molecule is c1cnc2c(c1)nc(C1CCCCS1)n2CC1CCCS1. The van der Waals surface area contributed by atoms with Crippen LogP contribution < -0.4 is 0 Å². The van der Waals surface area contributed by atoms with Crippen LogP contribution in [0.1, 0.15) is 43.2 Å². The van der Waals surface area contributed by atoms with Gasteiger partial charge < -0.3 is 4.57 Å². The van der Waals surface area contributed by atoms with E-state index < -0.39 is 0 Å². The van der Waals surface area contributed by atoms with Crippen molar-refractivity contribution in [2.24, 2.45) is 0 Å². The molecule has 2 saturated heterocycles. The van der Waals surface area contributed by atoms with E-state index >= 15 is 0 Å². The summed E-state index contributed by atoms with van der Waals surface area (Å²) in [4.78, 5) is 9.57. The van der Waals surface area contributed by atoms with Crippen molar-refractivity contribution >= 4 is 34.7 Å². The van der Waals surface area contributed by atoms with Crippen molar-refractivity contribution in [2.75, 3.05) is 11.5 Å². The molecule has 0 bridgehead atoms. The topological polar surface area (TPSA) is 30.7 Å². The molecule has 2 unspecified atom stereocenters. The van der Waals surface area contributed by atoms with Crippen LogP contribution in [0.3, 0.4) is 0 Å². The van der Waals surface area contributed by atoms with Crippen LogP contribution in [0.25, 0.3) is 11.2 Å². The van der Waals surface area contributed by atoms with Gasteiger partial charge in [-0.05, 0) is 49.3 Å². The molecule has 4 heterocycles. The molecule has 5 heteroatoms. The van der Waals surface area contributed by atoms with Crippen molar-refractivity contribution in [3.05, 3.63) is 24.2 Å². The van der Waals surface area contributed by atoms with Crippen molar-refractivity contribution in [2.45, 2.75) is 49.1 Å². The summed E-state index contributed by atoms with van der Waals surface area (Å²) >= 11 is 4.21. The molecule has 0 aromatic carbocycles. The number of hydrogen-bond acceptors (Lipinski definition) is 4. The molecule has 0 N–H and O–H groups in total. The maximum absolute atomic E-state index is 4.95. The third-order valence-corrected chi connectivity index (χ3v) is 7.16. The van der Waals surface area contributed by atoms with Crippen LogP contribution in [0.5, 0.6) is 0 Å². The second kappa shape index (κ2) is 6.21. The lowest BCUT2D eigenvalue weighted by Gasteiger charge is -2.22. The van der Waals surface area contributed by atoms with Crippen LogP contribution in [0.15, 0.2) is 18.3 Å². The van der Waals surface area contributed by atoms with Crippen molar-refractivity contribution in [3.8, 4) is 0 Å². The highest BCUT2D eigenvalue weighted by Crippen LogP contribution is 2.39. The average Bonchev–Trinajstić information content (AvgIpc) is 3.17. The fourth-order valence-corrected chi connectivity index (χ4v) is 5.91. The molecule has 2 fully saturated rings. The maximum Gasteiger partial charge on any atom is 0.160 e. The second-order valence-corrected chi connectivity index (χ2v) is 8.64. The normalized spacial score (nSPS) is 26.5. The molecular weight excluding hydrogens is 298 g/mol. The number of hydrogen-bond donors (Lipinski definition) is 0. The largest absolute Gasteiger partial charge is 0.311 e. The van der Waals surface area contributed by atoms with Gasteiger partial charge >= 0.3 is 0 Å². The minimum atomic E-state index is 0.569. The summed E-state index contributed by atoms with van der Waals surface area (Å²) in [6.07, 6.45) is 8.58. The first-order valence-electron chi connectivity index (χ1n) is 7.96. The molecule has 0 radical (unpaired) electrons. The van der Waals surface area contributed by atoms with Crippen LogP contribution in [-0.4, -0.2) is 31.3 Å². The standard InChI is InChI=1S/C16H21N3S2/c1-2-9-21-14(7-1)16-18-13-6-3-8-17-15(13)19(16)11-12-5-4-10-20-12/h3,6,8,12,14H,1-2,4-5,7,9-11H2. The molecule has 0 spiro atoms. The molecule has 2 aromatic heterocycles. The first kappa shape index (κ1) is 13.9. The molecule has 2 aliphatic rings. The summed E-state index contributed by atoms with van der Waals surface area (Å²) in [6.45, 7) is 1.09. The third kappa shape index (κ3) is 2.82. The second-order valence-electron chi connectivity index (χ2n) is 5.92. The maximum atomic E-state index is 4.95. The lowest BCUT2D eigenvalue weighted by molar-refractivity contribution is 0.587. The van der Waals surface area contributed by atoms with E-state index in [1.165, 1.54) is 49.4 Å². The smallest absolute Gasteiger partial charge is 0.160 e. The Hall–Kier alpha value is -0.680. The lowest BCUT2D eigenvalue weighted by Crippen LogP contribution is -2.16. The van der Waals surface area contributed by atoms with Crippen molar-refractivity contribution in [1.29, 1.82) is 0 Å². The molecule has 0 amide bonds. The zero-order valence-corrected chi connectivity index (χ0v) is 13.8. The van der Waals surface area contributed by atoms with Crippen molar-refractivity contribution in [3.63, 3.8) is 0 Å². The summed E-state index contributed by atoms with van der Waals surface area (Å²) in [6, 6.07) is 4.11. The number of nitrogens with zero attached hydrogens (tertiary/aromatic N) is 3. The van der Waals surface area contributed by atoms with Gasteiger partial charge in [0.25, 0.3) is 0 Å². The van der Waals surface area contributed by atoms with Gasteiger partial charge in [-0.1, -0.05) is 6.42 Å². The molecule has 2 aliphatic heterocycles. The first-order valence-corrected chi connectivity index (χ1v) is 10.1. The monoisotopic (exact) mass is 319 g/mol. The Bertz CT molecular complexity index is 613. The van der Waals surface area contributed by atoms with E-state index in [1.54, 1.807) is 0 Å². The minimum Gasteiger partial charge on any atom is -0.311 e. The Balaban J connectivity index is 1.72. The highest BCUT2D eigenvalue weighted by atomic mass is 32.2. The fraction of sp³-hybridized carbons (Fsp3) is 0.625. The van der Waals surface area contributed by atoms with E-state index in [4.69, 9.17) is 4.98 Å². The van der Waals surface area contributed by atoms with Gasteiger partial charge in [0, 0.05) is 18.0 Å². The quantitative estimate of drug-likeness (QED) is 0.844. The number of aromatic nitrogens is 3. The molecule has 112 valence electrons. The van der Waals surface area contributed by atoms with E-state index in [9.17, 15) is 0 Å². The van der Waals surface area contributed by atoms with Gasteiger partial charge in [-0.15, -0.1) is 0 Å².